The van der Waals surface area contributed by atoms with Crippen molar-refractivity contribution in [1.82, 2.24) is 9.55 Å². The number of fused-ring (bicyclic) bond motifs is 4. The van der Waals surface area contributed by atoms with Crippen molar-refractivity contribution >= 4 is 44.6 Å². The van der Waals surface area contributed by atoms with E-state index in [0.29, 0.717) is 6.67 Å². The zero-order valence-electron chi connectivity index (χ0n) is 40.7. The van der Waals surface area contributed by atoms with Crippen LogP contribution in [0.5, 0.6) is 11.5 Å². The van der Waals surface area contributed by atoms with Crippen molar-refractivity contribution in [3.8, 4) is 17.3 Å². The average Bonchev–Trinajstić information content (AvgIpc) is 3.88. The van der Waals surface area contributed by atoms with Gasteiger partial charge in [-0.1, -0.05) is 166 Å². The van der Waals surface area contributed by atoms with E-state index in [4.69, 9.17) is 9.72 Å². The molecule has 1 aliphatic rings. The third kappa shape index (κ3) is 8.05. The lowest BCUT2D eigenvalue weighted by molar-refractivity contribution is 0.480. The van der Waals surface area contributed by atoms with Gasteiger partial charge in [0.1, 0.15) is 24.0 Å². The van der Waals surface area contributed by atoms with Crippen molar-refractivity contribution < 1.29 is 4.74 Å². The lowest BCUT2D eigenvalue weighted by Crippen LogP contribution is -2.26. The molecule has 0 saturated heterocycles. The Kier molecular flexibility index (Phi) is 10.7. The summed E-state index contributed by atoms with van der Waals surface area (Å²) in [5.74, 6) is 2.44. The Morgan fingerprint density at radius 1 is 0.403 bits per heavy atom. The predicted octanol–water partition coefficient (Wildman–Crippen LogP) is 16.5. The molecule has 5 heteroatoms. The van der Waals surface area contributed by atoms with Crippen molar-refractivity contribution in [2.45, 2.75) is 90.9 Å². The Hall–Kier alpha value is -7.11. The smallest absolute Gasteiger partial charge is 0.137 e. The third-order valence-electron chi connectivity index (χ3n) is 14.2. The molecule has 1 aliphatic heterocycles. The molecule has 9 aromatic rings. The van der Waals surface area contributed by atoms with E-state index in [1.165, 1.54) is 50.1 Å². The molecule has 0 fully saturated rings. The molecule has 5 nitrogen and oxygen atoms in total. The van der Waals surface area contributed by atoms with Gasteiger partial charge in [-0.05, 0) is 111 Å². The minimum Gasteiger partial charge on any atom is -0.457 e. The van der Waals surface area contributed by atoms with Gasteiger partial charge >= 0.3 is 0 Å². The molecule has 2 aromatic heterocycles. The first-order valence-corrected chi connectivity index (χ1v) is 23.7. The highest BCUT2D eigenvalue weighted by molar-refractivity contribution is 6.09. The number of nitrogens with zero attached hydrogens (tertiary/aromatic N) is 4. The second-order valence-corrected chi connectivity index (χ2v) is 21.5. The summed E-state index contributed by atoms with van der Waals surface area (Å²) in [5.41, 5.74) is 13.7. The van der Waals surface area contributed by atoms with Crippen molar-refractivity contribution in [1.29, 1.82) is 0 Å². The number of hydrogen-bond acceptors (Lipinski definition) is 4. The lowest BCUT2D eigenvalue weighted by Gasteiger charge is -2.32. The predicted molar refractivity (Wildman–Crippen MR) is 282 cm³/mol. The molecule has 0 N–H and O–H groups in total. The highest BCUT2D eigenvalue weighted by atomic mass is 16.5. The summed E-state index contributed by atoms with van der Waals surface area (Å²) in [4.78, 5) is 9.88. The Labute approximate surface area is 397 Å². The van der Waals surface area contributed by atoms with E-state index < -0.39 is 0 Å². The van der Waals surface area contributed by atoms with Gasteiger partial charge in [-0.25, -0.2) is 4.98 Å². The van der Waals surface area contributed by atoms with Crippen LogP contribution in [-0.4, -0.2) is 16.2 Å². The highest BCUT2D eigenvalue weighted by Crippen LogP contribution is 2.48. The van der Waals surface area contributed by atoms with Crippen molar-refractivity contribution in [3.63, 3.8) is 0 Å². The van der Waals surface area contributed by atoms with Gasteiger partial charge in [-0.15, -0.1) is 0 Å². The Bertz CT molecular complexity index is 3280. The molecule has 0 atom stereocenters. The van der Waals surface area contributed by atoms with Crippen LogP contribution < -0.4 is 14.5 Å². The van der Waals surface area contributed by atoms with E-state index in [-0.39, 0.29) is 21.7 Å². The Morgan fingerprint density at radius 3 is 1.54 bits per heavy atom. The fourth-order valence-corrected chi connectivity index (χ4v) is 9.82. The molecule has 336 valence electrons. The van der Waals surface area contributed by atoms with Crippen LogP contribution in [0.3, 0.4) is 0 Å². The zero-order valence-corrected chi connectivity index (χ0v) is 40.7. The molecule has 0 unspecified atom stereocenters. The maximum Gasteiger partial charge on any atom is 0.137 e. The van der Waals surface area contributed by atoms with Crippen molar-refractivity contribution in [2.75, 3.05) is 16.5 Å². The molecule has 0 radical (unpaired) electrons. The largest absolute Gasteiger partial charge is 0.457 e. The number of hydrogen-bond donors (Lipinski definition) is 0. The monoisotopic (exact) mass is 878 g/mol. The number of pyridine rings is 1. The summed E-state index contributed by atoms with van der Waals surface area (Å²) >= 11 is 0. The minimum absolute atomic E-state index is 0.0213. The van der Waals surface area contributed by atoms with Gasteiger partial charge in [0.2, 0.25) is 0 Å². The summed E-state index contributed by atoms with van der Waals surface area (Å²) in [6.07, 6.45) is 1.93. The first kappa shape index (κ1) is 43.8. The van der Waals surface area contributed by atoms with Crippen LogP contribution in [0.2, 0.25) is 0 Å². The van der Waals surface area contributed by atoms with E-state index in [1.807, 2.05) is 6.20 Å². The minimum atomic E-state index is -0.326. The molecule has 3 heterocycles. The number of ether oxygens (including phenoxy) is 1. The second-order valence-electron chi connectivity index (χ2n) is 21.5. The van der Waals surface area contributed by atoms with E-state index in [9.17, 15) is 0 Å². The first-order chi connectivity index (χ1) is 32.0. The molecule has 7 aromatic carbocycles. The topological polar surface area (TPSA) is 33.5 Å². The maximum absolute atomic E-state index is 7.10. The molecular formula is C62H62N4O. The SMILES string of the molecule is CC(C)(C)c1cc(N2CN(c3cc(Oc4ccc5c6ccccc6n(-c6cc(C(C)(C)C)ccn6)c5c4)cc(C(C)(C)c4ccccc4)c3)c3ccccc32)cc(C(C)(C)c2ccccc2)c1. The van der Waals surface area contributed by atoms with Crippen LogP contribution >= 0.6 is 0 Å². The van der Waals surface area contributed by atoms with E-state index in [0.717, 1.165) is 45.1 Å². The highest BCUT2D eigenvalue weighted by Gasteiger charge is 2.33. The quantitative estimate of drug-likeness (QED) is 0.145. The molecule has 67 heavy (non-hydrogen) atoms. The standard InChI is InChI=1S/C62H62N4O/c1-59(2,3)44-31-32-63-58(38-44)66-54-26-18-17-25-52(54)53-30-29-50(40-57(53)66)67-51-37-47(62(9,10)43-23-15-12-16-24-43)36-49(39-51)65-41-64(55-27-19-20-28-56(55)65)48-34-45(60(4,5)6)33-46(35-48)61(7,8)42-21-13-11-14-22-42/h11-40H,41H2,1-10H3. The van der Waals surface area contributed by atoms with Crippen LogP contribution in [-0.2, 0) is 21.7 Å². The summed E-state index contributed by atoms with van der Waals surface area (Å²) in [7, 11) is 0. The molecular weight excluding hydrogens is 817 g/mol. The lowest BCUT2D eigenvalue weighted by atomic mass is 9.75. The fourth-order valence-electron chi connectivity index (χ4n) is 9.82. The third-order valence-corrected chi connectivity index (χ3v) is 14.2. The zero-order chi connectivity index (χ0) is 46.9. The Balaban J connectivity index is 1.10. The van der Waals surface area contributed by atoms with Gasteiger partial charge in [-0.3, -0.25) is 4.57 Å². The average molecular weight is 879 g/mol. The molecule has 10 rings (SSSR count). The number of benzene rings is 7. The van der Waals surface area contributed by atoms with Crippen LogP contribution in [0.15, 0.2) is 182 Å². The van der Waals surface area contributed by atoms with Gasteiger partial charge < -0.3 is 14.5 Å². The summed E-state index contributed by atoms with van der Waals surface area (Å²) < 4.78 is 9.38. The van der Waals surface area contributed by atoms with E-state index >= 15 is 0 Å². The van der Waals surface area contributed by atoms with Crippen molar-refractivity contribution in [3.05, 3.63) is 216 Å². The van der Waals surface area contributed by atoms with Crippen LogP contribution in [0.1, 0.15) is 103 Å². The Morgan fingerprint density at radius 2 is 0.925 bits per heavy atom. The van der Waals surface area contributed by atoms with Gasteiger partial charge in [0.25, 0.3) is 0 Å². The molecule has 0 spiro atoms. The summed E-state index contributed by atoms with van der Waals surface area (Å²) in [6, 6.07) is 64.0. The maximum atomic E-state index is 7.10. The molecule has 0 amide bonds. The molecule has 0 bridgehead atoms. The number of rotatable bonds is 9. The summed E-state index contributed by atoms with van der Waals surface area (Å²) in [6.45, 7) is 23.6. The van der Waals surface area contributed by atoms with Crippen LogP contribution in [0.4, 0.5) is 22.7 Å². The molecule has 0 aliphatic carbocycles. The summed E-state index contributed by atoms with van der Waals surface area (Å²) in [5, 5.41) is 2.34. The van der Waals surface area contributed by atoms with E-state index in [1.54, 1.807) is 0 Å². The number of anilines is 4. The van der Waals surface area contributed by atoms with Gasteiger partial charge in [0.15, 0.2) is 0 Å². The molecule has 0 saturated carbocycles. The van der Waals surface area contributed by atoms with E-state index in [2.05, 4.69) is 260 Å². The number of para-hydroxylation sites is 3. The van der Waals surface area contributed by atoms with Crippen LogP contribution in [0, 0.1) is 0 Å². The van der Waals surface area contributed by atoms with Gasteiger partial charge in [-0.2, -0.15) is 0 Å². The first-order valence-electron chi connectivity index (χ1n) is 23.7. The van der Waals surface area contributed by atoms with Crippen molar-refractivity contribution in [2.24, 2.45) is 0 Å². The van der Waals surface area contributed by atoms with Gasteiger partial charge in [0, 0.05) is 51.3 Å². The van der Waals surface area contributed by atoms with Crippen LogP contribution in [0.25, 0.3) is 27.6 Å². The fraction of sp³-hybridized carbons (Fsp3) is 0.242. The number of aromatic nitrogens is 2. The van der Waals surface area contributed by atoms with Gasteiger partial charge in [0.05, 0.1) is 22.4 Å². The normalized spacial score (nSPS) is 13.4. The second kappa shape index (κ2) is 16.3.